The van der Waals surface area contributed by atoms with E-state index in [0.717, 1.165) is 23.9 Å². The molecule has 1 N–H and O–H groups in total. The van der Waals surface area contributed by atoms with Gasteiger partial charge >= 0.3 is 0 Å². The molecular formula is C22H24N4O2S. The van der Waals surface area contributed by atoms with Crippen LogP contribution >= 0.6 is 11.3 Å². The highest BCUT2D eigenvalue weighted by molar-refractivity contribution is 7.17. The maximum atomic E-state index is 11.1. The predicted molar refractivity (Wildman–Crippen MR) is 113 cm³/mol. The van der Waals surface area contributed by atoms with Crippen LogP contribution in [0.4, 0.5) is 0 Å². The molecule has 1 fully saturated rings. The summed E-state index contributed by atoms with van der Waals surface area (Å²) in [5.74, 6) is 2.00. The van der Waals surface area contributed by atoms with Crippen LogP contribution in [0.3, 0.4) is 0 Å². The number of likely N-dealkylation sites (tertiary alicyclic amines) is 1. The zero-order valence-electron chi connectivity index (χ0n) is 16.6. The number of rotatable bonds is 4. The van der Waals surface area contributed by atoms with Crippen LogP contribution in [0.5, 0.6) is 5.88 Å². The SMILES string of the molecule is Cc1ccc([C@H](c2sc3nc(-c4ccco4)nn3c2O)N2CCC(C)CC2)cc1. The number of nitrogens with zero attached hydrogens (tertiary/aromatic N) is 4. The molecule has 0 bridgehead atoms. The van der Waals surface area contributed by atoms with Crippen molar-refractivity contribution in [2.75, 3.05) is 13.1 Å². The molecule has 0 saturated carbocycles. The molecule has 0 radical (unpaired) electrons. The van der Waals surface area contributed by atoms with Crippen molar-refractivity contribution in [1.82, 2.24) is 19.5 Å². The molecule has 5 rings (SSSR count). The number of aromatic nitrogens is 3. The van der Waals surface area contributed by atoms with Crippen LogP contribution in [-0.2, 0) is 0 Å². The molecule has 0 unspecified atom stereocenters. The molecule has 1 atom stereocenters. The van der Waals surface area contributed by atoms with Crippen LogP contribution in [0.25, 0.3) is 16.5 Å². The molecule has 1 aliphatic rings. The number of hydrogen-bond donors (Lipinski definition) is 1. The van der Waals surface area contributed by atoms with E-state index in [2.05, 4.69) is 53.1 Å². The molecule has 4 heterocycles. The van der Waals surface area contributed by atoms with Gasteiger partial charge in [0, 0.05) is 0 Å². The van der Waals surface area contributed by atoms with Gasteiger partial charge in [-0.2, -0.15) is 9.50 Å². The Labute approximate surface area is 173 Å². The van der Waals surface area contributed by atoms with Gasteiger partial charge in [0.1, 0.15) is 0 Å². The first-order chi connectivity index (χ1) is 14.1. The first-order valence-corrected chi connectivity index (χ1v) is 10.8. The van der Waals surface area contributed by atoms with E-state index in [1.165, 1.54) is 39.8 Å². The third-order valence-corrected chi connectivity index (χ3v) is 6.84. The van der Waals surface area contributed by atoms with Crippen LogP contribution in [0.15, 0.2) is 47.1 Å². The lowest BCUT2D eigenvalue weighted by atomic mass is 9.95. The molecule has 150 valence electrons. The van der Waals surface area contributed by atoms with E-state index in [1.54, 1.807) is 12.3 Å². The van der Waals surface area contributed by atoms with E-state index in [4.69, 9.17) is 4.42 Å². The zero-order valence-corrected chi connectivity index (χ0v) is 17.4. The first-order valence-electron chi connectivity index (χ1n) is 10.0. The fourth-order valence-corrected chi connectivity index (χ4v) is 5.12. The average Bonchev–Trinajstić information content (AvgIpc) is 3.44. The summed E-state index contributed by atoms with van der Waals surface area (Å²) in [4.78, 5) is 8.62. The molecule has 6 nitrogen and oxygen atoms in total. The molecule has 1 aliphatic heterocycles. The molecule has 7 heteroatoms. The lowest BCUT2D eigenvalue weighted by Crippen LogP contribution is -2.36. The number of hydrogen-bond acceptors (Lipinski definition) is 6. The van der Waals surface area contributed by atoms with Crippen LogP contribution in [-0.4, -0.2) is 37.7 Å². The normalized spacial score (nSPS) is 17.2. The van der Waals surface area contributed by atoms with Crippen LogP contribution < -0.4 is 0 Å². The highest BCUT2D eigenvalue weighted by Crippen LogP contribution is 2.41. The quantitative estimate of drug-likeness (QED) is 0.521. The fourth-order valence-electron chi connectivity index (χ4n) is 4.00. The number of thiazole rings is 1. The van der Waals surface area contributed by atoms with E-state index in [-0.39, 0.29) is 11.9 Å². The minimum absolute atomic E-state index is 0.00339. The Bertz CT molecular complexity index is 1110. The Balaban J connectivity index is 1.57. The minimum atomic E-state index is 0.00339. The van der Waals surface area contributed by atoms with Gasteiger partial charge in [-0.1, -0.05) is 48.1 Å². The Kier molecular flexibility index (Phi) is 4.64. The standard InChI is InChI=1S/C22H24N4O2S/c1-14-5-7-16(8-6-14)18(25-11-9-15(2)10-12-25)19-21(27)26-22(29-19)23-20(24-26)17-4-3-13-28-17/h3-8,13,15,18,27H,9-12H2,1-2H3/t18-/m1/s1. The van der Waals surface area contributed by atoms with Gasteiger partial charge in [0.2, 0.25) is 16.7 Å². The Hall–Kier alpha value is -2.64. The van der Waals surface area contributed by atoms with Crippen molar-refractivity contribution >= 4 is 16.3 Å². The number of aryl methyl sites for hydroxylation is 1. The second-order valence-corrected chi connectivity index (χ2v) is 8.94. The molecule has 1 aromatic carbocycles. The molecule has 4 aromatic rings. The fraction of sp³-hybridized carbons (Fsp3) is 0.364. The minimum Gasteiger partial charge on any atom is -0.492 e. The summed E-state index contributed by atoms with van der Waals surface area (Å²) in [6.45, 7) is 6.45. The van der Waals surface area contributed by atoms with Crippen molar-refractivity contribution < 1.29 is 9.52 Å². The lowest BCUT2D eigenvalue weighted by Gasteiger charge is -2.36. The van der Waals surface area contributed by atoms with E-state index in [1.807, 2.05) is 6.07 Å². The smallest absolute Gasteiger partial charge is 0.230 e. The highest BCUT2D eigenvalue weighted by Gasteiger charge is 2.31. The van der Waals surface area contributed by atoms with Gasteiger partial charge in [0.15, 0.2) is 5.76 Å². The Morgan fingerprint density at radius 1 is 1.17 bits per heavy atom. The number of fused-ring (bicyclic) bond motifs is 1. The van der Waals surface area contributed by atoms with Crippen molar-refractivity contribution in [2.24, 2.45) is 5.92 Å². The third-order valence-electron chi connectivity index (χ3n) is 5.77. The van der Waals surface area contributed by atoms with E-state index < -0.39 is 0 Å². The molecule has 3 aromatic heterocycles. The number of furan rings is 1. The van der Waals surface area contributed by atoms with Crippen molar-refractivity contribution in [3.8, 4) is 17.5 Å². The Morgan fingerprint density at radius 2 is 1.93 bits per heavy atom. The van der Waals surface area contributed by atoms with E-state index in [0.29, 0.717) is 16.5 Å². The second kappa shape index (κ2) is 7.31. The second-order valence-electron chi connectivity index (χ2n) is 7.93. The summed E-state index contributed by atoms with van der Waals surface area (Å²) in [7, 11) is 0. The van der Waals surface area contributed by atoms with Gasteiger partial charge in [-0.3, -0.25) is 4.90 Å². The zero-order chi connectivity index (χ0) is 20.0. The van der Waals surface area contributed by atoms with Crippen LogP contribution in [0, 0.1) is 12.8 Å². The van der Waals surface area contributed by atoms with Gasteiger partial charge in [-0.25, -0.2) is 0 Å². The maximum absolute atomic E-state index is 11.1. The molecule has 0 amide bonds. The maximum Gasteiger partial charge on any atom is 0.230 e. The summed E-state index contributed by atoms with van der Waals surface area (Å²) in [5.41, 5.74) is 2.42. The molecule has 0 aliphatic carbocycles. The van der Waals surface area contributed by atoms with Crippen molar-refractivity contribution in [1.29, 1.82) is 0 Å². The first kappa shape index (κ1) is 18.4. The van der Waals surface area contributed by atoms with Gasteiger partial charge < -0.3 is 9.52 Å². The number of benzene rings is 1. The van der Waals surface area contributed by atoms with Gasteiger partial charge in [0.25, 0.3) is 0 Å². The third kappa shape index (κ3) is 3.34. The Morgan fingerprint density at radius 3 is 2.59 bits per heavy atom. The lowest BCUT2D eigenvalue weighted by molar-refractivity contribution is 0.157. The van der Waals surface area contributed by atoms with E-state index in [9.17, 15) is 5.11 Å². The van der Waals surface area contributed by atoms with Gasteiger partial charge in [-0.05, 0) is 56.5 Å². The average molecular weight is 409 g/mol. The summed E-state index contributed by atoms with van der Waals surface area (Å²) in [5, 5.41) is 15.6. The highest BCUT2D eigenvalue weighted by atomic mass is 32.1. The van der Waals surface area contributed by atoms with Crippen LogP contribution in [0.1, 0.15) is 41.8 Å². The van der Waals surface area contributed by atoms with Crippen molar-refractivity contribution in [3.05, 3.63) is 58.7 Å². The van der Waals surface area contributed by atoms with Crippen LogP contribution in [0.2, 0.25) is 0 Å². The number of aromatic hydroxyl groups is 1. The summed E-state index contributed by atoms with van der Waals surface area (Å²) in [6.07, 6.45) is 3.94. The predicted octanol–water partition coefficient (Wildman–Crippen LogP) is 4.89. The van der Waals surface area contributed by atoms with Gasteiger partial charge in [-0.15, -0.1) is 5.10 Å². The molecule has 1 saturated heterocycles. The number of piperidine rings is 1. The monoisotopic (exact) mass is 408 g/mol. The van der Waals surface area contributed by atoms with Crippen molar-refractivity contribution in [2.45, 2.75) is 32.7 Å². The molecule has 29 heavy (non-hydrogen) atoms. The van der Waals surface area contributed by atoms with Gasteiger partial charge in [0.05, 0.1) is 17.2 Å². The molecular weight excluding hydrogens is 384 g/mol. The summed E-state index contributed by atoms with van der Waals surface area (Å²) in [6, 6.07) is 12.2. The largest absolute Gasteiger partial charge is 0.492 e. The van der Waals surface area contributed by atoms with Crippen molar-refractivity contribution in [3.63, 3.8) is 0 Å². The summed E-state index contributed by atoms with van der Waals surface area (Å²) >= 11 is 1.50. The molecule has 0 spiro atoms. The topological polar surface area (TPSA) is 66.8 Å². The summed E-state index contributed by atoms with van der Waals surface area (Å²) < 4.78 is 6.93. The van der Waals surface area contributed by atoms with E-state index >= 15 is 0 Å².